The molecule has 0 aliphatic carbocycles. The van der Waals surface area contributed by atoms with Crippen molar-refractivity contribution >= 4 is 22.2 Å². The molecule has 2 aromatic carbocycles. The van der Waals surface area contributed by atoms with Crippen molar-refractivity contribution in [2.75, 3.05) is 0 Å². The van der Waals surface area contributed by atoms with Crippen LogP contribution in [-0.2, 0) is 0 Å². The number of nitrogens with zero attached hydrogens (tertiary/aromatic N) is 3. The summed E-state index contributed by atoms with van der Waals surface area (Å²) in [5, 5.41) is 2.06. The van der Waals surface area contributed by atoms with Crippen molar-refractivity contribution in [2.24, 2.45) is 0 Å². The molecule has 4 aromatic rings. The highest BCUT2D eigenvalue weighted by Gasteiger charge is 2.31. The molecule has 1 saturated heterocycles. The fourth-order valence-corrected chi connectivity index (χ4v) is 4.76. The first-order valence-corrected chi connectivity index (χ1v) is 10.4. The zero-order valence-corrected chi connectivity index (χ0v) is 16.9. The summed E-state index contributed by atoms with van der Waals surface area (Å²) in [6, 6.07) is 18.8. The van der Waals surface area contributed by atoms with E-state index in [0.717, 1.165) is 46.1 Å². The van der Waals surface area contributed by atoms with E-state index in [4.69, 9.17) is 4.98 Å². The van der Waals surface area contributed by atoms with E-state index in [0.29, 0.717) is 0 Å². The Bertz CT molecular complexity index is 1180. The van der Waals surface area contributed by atoms with Crippen molar-refractivity contribution in [1.82, 2.24) is 14.3 Å². The van der Waals surface area contributed by atoms with Gasteiger partial charge in [-0.1, -0.05) is 54.6 Å². The molecule has 4 heteroatoms. The van der Waals surface area contributed by atoms with Gasteiger partial charge in [0.1, 0.15) is 5.82 Å². The molecule has 0 bridgehead atoms. The van der Waals surface area contributed by atoms with Gasteiger partial charge in [-0.05, 0) is 38.5 Å². The standard InChI is InChI=1S/C25H25N3O/c1-17-9-8-10-18(2)28(17)25(29)22-16-27-23(21-14-7-6-13-20(21)22)15-26-24(27)19-11-4-3-5-12-19/h3-7,11-18H,8-10H2,1-2H3/t17-,18+. The fourth-order valence-electron chi connectivity index (χ4n) is 4.76. The Morgan fingerprint density at radius 1 is 0.931 bits per heavy atom. The third kappa shape index (κ3) is 2.91. The van der Waals surface area contributed by atoms with Gasteiger partial charge in [-0.15, -0.1) is 0 Å². The number of fused-ring (bicyclic) bond motifs is 3. The van der Waals surface area contributed by atoms with Crippen LogP contribution in [0, 0.1) is 0 Å². The number of amides is 1. The molecule has 5 rings (SSSR count). The predicted molar refractivity (Wildman–Crippen MR) is 117 cm³/mol. The summed E-state index contributed by atoms with van der Waals surface area (Å²) in [7, 11) is 0. The third-order valence-corrected chi connectivity index (χ3v) is 6.24. The maximum Gasteiger partial charge on any atom is 0.256 e. The quantitative estimate of drug-likeness (QED) is 0.455. The predicted octanol–water partition coefficient (Wildman–Crippen LogP) is 5.56. The molecule has 0 spiro atoms. The van der Waals surface area contributed by atoms with Crippen molar-refractivity contribution in [1.29, 1.82) is 0 Å². The van der Waals surface area contributed by atoms with Gasteiger partial charge in [-0.2, -0.15) is 0 Å². The Morgan fingerprint density at radius 3 is 2.31 bits per heavy atom. The number of pyridine rings is 1. The van der Waals surface area contributed by atoms with E-state index >= 15 is 0 Å². The maximum absolute atomic E-state index is 13.7. The summed E-state index contributed by atoms with van der Waals surface area (Å²) < 4.78 is 2.07. The van der Waals surface area contributed by atoms with Crippen LogP contribution in [0.25, 0.3) is 27.7 Å². The summed E-state index contributed by atoms with van der Waals surface area (Å²) >= 11 is 0. The van der Waals surface area contributed by atoms with Crippen LogP contribution in [0.15, 0.2) is 67.0 Å². The molecule has 2 atom stereocenters. The van der Waals surface area contributed by atoms with Crippen LogP contribution in [0.1, 0.15) is 43.5 Å². The van der Waals surface area contributed by atoms with Crippen molar-refractivity contribution in [3.8, 4) is 11.4 Å². The lowest BCUT2D eigenvalue weighted by atomic mass is 9.95. The van der Waals surface area contributed by atoms with Gasteiger partial charge in [-0.25, -0.2) is 4.98 Å². The highest BCUT2D eigenvalue weighted by atomic mass is 16.2. The molecule has 1 amide bonds. The Labute approximate surface area is 170 Å². The Balaban J connectivity index is 1.75. The van der Waals surface area contributed by atoms with Gasteiger partial charge < -0.3 is 4.90 Å². The van der Waals surface area contributed by atoms with Gasteiger partial charge in [0.15, 0.2) is 0 Å². The Morgan fingerprint density at radius 2 is 1.59 bits per heavy atom. The zero-order valence-electron chi connectivity index (χ0n) is 16.9. The molecule has 29 heavy (non-hydrogen) atoms. The largest absolute Gasteiger partial charge is 0.333 e. The lowest BCUT2D eigenvalue weighted by molar-refractivity contribution is 0.0512. The molecular weight excluding hydrogens is 358 g/mol. The summed E-state index contributed by atoms with van der Waals surface area (Å²) in [4.78, 5) is 20.5. The van der Waals surface area contributed by atoms with Gasteiger partial charge in [0, 0.05) is 29.2 Å². The summed E-state index contributed by atoms with van der Waals surface area (Å²) in [6.45, 7) is 4.34. The highest BCUT2D eigenvalue weighted by Crippen LogP contribution is 2.31. The Hall–Kier alpha value is -3.14. The number of likely N-dealkylation sites (tertiary alicyclic amines) is 1. The molecule has 146 valence electrons. The summed E-state index contributed by atoms with van der Waals surface area (Å²) in [6.07, 6.45) is 7.22. The fraction of sp³-hybridized carbons (Fsp3) is 0.280. The van der Waals surface area contributed by atoms with Crippen molar-refractivity contribution in [2.45, 2.75) is 45.2 Å². The van der Waals surface area contributed by atoms with Crippen molar-refractivity contribution in [3.05, 3.63) is 72.6 Å². The van der Waals surface area contributed by atoms with Crippen LogP contribution in [0.3, 0.4) is 0 Å². The Kier molecular flexibility index (Phi) is 4.35. The van der Waals surface area contributed by atoms with Crippen molar-refractivity contribution < 1.29 is 4.79 Å². The van der Waals surface area contributed by atoms with E-state index in [-0.39, 0.29) is 18.0 Å². The average molecular weight is 383 g/mol. The average Bonchev–Trinajstić information content (AvgIpc) is 3.18. The highest BCUT2D eigenvalue weighted by molar-refractivity contribution is 6.11. The summed E-state index contributed by atoms with van der Waals surface area (Å²) in [5.41, 5.74) is 2.82. The van der Waals surface area contributed by atoms with Gasteiger partial charge in [0.25, 0.3) is 5.91 Å². The van der Waals surface area contributed by atoms with Gasteiger partial charge in [0.2, 0.25) is 0 Å². The number of imidazole rings is 1. The molecule has 0 saturated carbocycles. The van der Waals surface area contributed by atoms with E-state index < -0.39 is 0 Å². The number of hydrogen-bond donors (Lipinski definition) is 0. The van der Waals surface area contributed by atoms with E-state index in [1.807, 2.05) is 42.7 Å². The number of benzene rings is 2. The number of rotatable bonds is 2. The van der Waals surface area contributed by atoms with Crippen LogP contribution >= 0.6 is 0 Å². The second kappa shape index (κ2) is 7.03. The molecular formula is C25H25N3O. The normalized spacial score (nSPS) is 19.7. The molecule has 1 aliphatic heterocycles. The smallest absolute Gasteiger partial charge is 0.256 e. The molecule has 1 fully saturated rings. The second-order valence-electron chi connectivity index (χ2n) is 8.13. The van der Waals surface area contributed by atoms with Gasteiger partial charge in [-0.3, -0.25) is 9.20 Å². The lowest BCUT2D eigenvalue weighted by Gasteiger charge is -2.39. The van der Waals surface area contributed by atoms with Crippen molar-refractivity contribution in [3.63, 3.8) is 0 Å². The van der Waals surface area contributed by atoms with Crippen LogP contribution in [0.2, 0.25) is 0 Å². The second-order valence-corrected chi connectivity index (χ2v) is 8.13. The van der Waals surface area contributed by atoms with Crippen LogP contribution in [0.4, 0.5) is 0 Å². The maximum atomic E-state index is 13.7. The lowest BCUT2D eigenvalue weighted by Crippen LogP contribution is -2.47. The first-order valence-electron chi connectivity index (χ1n) is 10.4. The zero-order chi connectivity index (χ0) is 20.0. The summed E-state index contributed by atoms with van der Waals surface area (Å²) in [5.74, 6) is 0.982. The molecule has 0 unspecified atom stereocenters. The van der Waals surface area contributed by atoms with Gasteiger partial charge in [0.05, 0.1) is 17.3 Å². The molecule has 2 aromatic heterocycles. The minimum atomic E-state index is 0.121. The van der Waals surface area contributed by atoms with Crippen LogP contribution in [0.5, 0.6) is 0 Å². The van der Waals surface area contributed by atoms with Crippen LogP contribution in [-0.4, -0.2) is 32.3 Å². The molecule has 0 N–H and O–H groups in total. The van der Waals surface area contributed by atoms with E-state index in [2.05, 4.69) is 47.4 Å². The number of aromatic nitrogens is 2. The SMILES string of the molecule is C[C@@H]1CCC[C@H](C)N1C(=O)c1cn2c(-c3ccccc3)ncc2c2ccccc12. The minimum absolute atomic E-state index is 0.121. The topological polar surface area (TPSA) is 37.6 Å². The monoisotopic (exact) mass is 383 g/mol. The van der Waals surface area contributed by atoms with Gasteiger partial charge >= 0.3 is 0 Å². The van der Waals surface area contributed by atoms with E-state index in [1.165, 1.54) is 6.42 Å². The first kappa shape index (κ1) is 17.9. The molecule has 4 nitrogen and oxygen atoms in total. The van der Waals surface area contributed by atoms with Crippen LogP contribution < -0.4 is 0 Å². The number of carbonyl (C=O) groups is 1. The number of carbonyl (C=O) groups excluding carboxylic acids is 1. The number of hydrogen-bond acceptors (Lipinski definition) is 2. The minimum Gasteiger partial charge on any atom is -0.333 e. The molecule has 0 radical (unpaired) electrons. The first-order chi connectivity index (χ1) is 14.1. The van der Waals surface area contributed by atoms with E-state index in [9.17, 15) is 4.79 Å². The molecule has 1 aliphatic rings. The molecule has 3 heterocycles. The van der Waals surface area contributed by atoms with E-state index in [1.54, 1.807) is 0 Å². The third-order valence-electron chi connectivity index (χ3n) is 6.24. The number of piperidine rings is 1.